The Labute approximate surface area is 387 Å². The van der Waals surface area contributed by atoms with E-state index < -0.39 is 23.6 Å². The van der Waals surface area contributed by atoms with Gasteiger partial charge in [0.05, 0.1) is 40.5 Å². The van der Waals surface area contributed by atoms with Gasteiger partial charge in [0.1, 0.15) is 17.8 Å². The minimum atomic E-state index is -0.869. The number of likely N-dealkylation sites (tertiary alicyclic amines) is 1. The summed E-state index contributed by atoms with van der Waals surface area (Å²) in [6.45, 7) is 11.0. The number of amides is 3. The van der Waals surface area contributed by atoms with Crippen molar-refractivity contribution in [2.45, 2.75) is 110 Å². The number of thiazole rings is 1. The molecule has 66 heavy (non-hydrogen) atoms. The molecule has 6 heterocycles. The van der Waals surface area contributed by atoms with E-state index in [1.165, 1.54) is 10.5 Å². The SMILES string of the molecule is Cc1ncsc1-c1ccc([C@H](C)NC(=O)[C@@H]2C[C@@H](O)CN2C(=O)[C@@H](NC(=O)[C@H]2CC3(C2)C[C@H](c2cnc(N4CCc5c([nH]c6nnc(-c7ccccc7O)cc56)C4)nc2)C3)C(C)(C)C)cc1. The third kappa shape index (κ3) is 8.18. The van der Waals surface area contributed by atoms with Crippen LogP contribution < -0.4 is 15.5 Å². The number of nitrogens with zero attached hydrogens (tertiary/aromatic N) is 7. The first-order chi connectivity index (χ1) is 31.6. The normalized spacial score (nSPS) is 23.5. The third-order valence-electron chi connectivity index (χ3n) is 14.5. The quantitative estimate of drug-likeness (QED) is 0.0973. The smallest absolute Gasteiger partial charge is 0.246 e. The molecule has 4 aliphatic rings. The minimum absolute atomic E-state index is 0.0253. The van der Waals surface area contributed by atoms with E-state index in [4.69, 9.17) is 9.97 Å². The molecule has 0 unspecified atom stereocenters. The zero-order valence-corrected chi connectivity index (χ0v) is 38.7. The molecule has 15 nitrogen and oxygen atoms in total. The molecule has 1 spiro atoms. The van der Waals surface area contributed by atoms with Crippen molar-refractivity contribution in [3.8, 4) is 27.4 Å². The molecule has 0 bridgehead atoms. The van der Waals surface area contributed by atoms with Crippen molar-refractivity contribution >= 4 is 46.0 Å². The molecule has 10 rings (SSSR count). The van der Waals surface area contributed by atoms with Gasteiger partial charge in [-0.25, -0.2) is 15.0 Å². The number of para-hydroxylation sites is 1. The first kappa shape index (κ1) is 43.6. The summed E-state index contributed by atoms with van der Waals surface area (Å²) >= 11 is 1.59. The number of phenolic OH excluding ortho intramolecular Hbond substituents is 1. The second kappa shape index (κ2) is 16.9. The molecule has 2 saturated carbocycles. The largest absolute Gasteiger partial charge is 0.507 e. The van der Waals surface area contributed by atoms with Crippen LogP contribution in [0.25, 0.3) is 32.7 Å². The number of fused-ring (bicyclic) bond motifs is 3. The number of aromatic nitrogens is 6. The van der Waals surface area contributed by atoms with Gasteiger partial charge < -0.3 is 35.6 Å². The van der Waals surface area contributed by atoms with Gasteiger partial charge in [0.25, 0.3) is 0 Å². The molecule has 2 aliphatic heterocycles. The minimum Gasteiger partial charge on any atom is -0.507 e. The average molecular weight is 909 g/mol. The zero-order chi connectivity index (χ0) is 46.1. The number of aryl methyl sites for hydroxylation is 1. The maximum atomic E-state index is 14.3. The number of aromatic hydroxyl groups is 1. The Hall–Kier alpha value is -6.26. The first-order valence-electron chi connectivity index (χ1n) is 22.9. The van der Waals surface area contributed by atoms with Crippen molar-refractivity contribution < 1.29 is 24.6 Å². The molecule has 1 saturated heterocycles. The number of anilines is 1. The van der Waals surface area contributed by atoms with Crippen LogP contribution in [-0.4, -0.2) is 94.2 Å². The summed E-state index contributed by atoms with van der Waals surface area (Å²) in [7, 11) is 0. The molecule has 4 aromatic heterocycles. The molecule has 3 amide bonds. The molecular weight excluding hydrogens is 853 g/mol. The molecule has 2 aromatic carbocycles. The number of aliphatic hydroxyl groups is 1. The Morgan fingerprint density at radius 3 is 2.39 bits per heavy atom. The second-order valence-corrected chi connectivity index (χ2v) is 21.0. The number of H-pyrrole nitrogens is 1. The maximum Gasteiger partial charge on any atom is 0.246 e. The summed E-state index contributed by atoms with van der Waals surface area (Å²) in [4.78, 5) is 64.0. The highest BCUT2D eigenvalue weighted by Crippen LogP contribution is 2.64. The standard InChI is InChI=1S/C50H56N10O5S/c1-27(29-10-12-30(13-11-29)42-28(2)53-26-66-42)54-46(64)40-16-34(61)24-60(40)47(65)43(49(3,4)5)56-45(63)32-20-50(21-32)18-31(19-50)33-22-51-48(52-23-33)59-15-14-35-37-17-38(36-8-6-7-9-41(36)62)57-58-44(37)55-39(35)25-59/h6-13,17,22-23,26-27,31-32,34,40,43,61-62H,14-16,18-21,24-25H2,1-5H3,(H,54,64)(H,55,58)(H,56,63)/t27-,31-,32-,34+,40-,43+,50?/m0/s1. The Morgan fingerprint density at radius 1 is 0.955 bits per heavy atom. The third-order valence-corrected chi connectivity index (χ3v) is 15.4. The van der Waals surface area contributed by atoms with E-state index in [1.807, 2.05) is 95.0 Å². The average Bonchev–Trinajstić information content (AvgIpc) is 4.00. The van der Waals surface area contributed by atoms with E-state index in [0.29, 0.717) is 29.7 Å². The molecule has 6 aromatic rings. The number of benzene rings is 2. The van der Waals surface area contributed by atoms with Crippen LogP contribution in [0.15, 0.2) is 72.5 Å². The highest BCUT2D eigenvalue weighted by molar-refractivity contribution is 7.13. The summed E-state index contributed by atoms with van der Waals surface area (Å²) in [5.74, 6) is 0.146. The summed E-state index contributed by atoms with van der Waals surface area (Å²) < 4.78 is 0. The lowest BCUT2D eigenvalue weighted by Gasteiger charge is -2.57. The van der Waals surface area contributed by atoms with Gasteiger partial charge in [-0.2, -0.15) is 0 Å². The molecule has 4 atom stereocenters. The highest BCUT2D eigenvalue weighted by atomic mass is 32.1. The van der Waals surface area contributed by atoms with Gasteiger partial charge in [-0.3, -0.25) is 14.4 Å². The Kier molecular flexibility index (Phi) is 11.2. The van der Waals surface area contributed by atoms with Gasteiger partial charge in [0.2, 0.25) is 23.7 Å². The predicted octanol–water partition coefficient (Wildman–Crippen LogP) is 6.76. The summed E-state index contributed by atoms with van der Waals surface area (Å²) in [6.07, 6.45) is 7.40. The molecular formula is C50H56N10O5S. The number of aromatic amines is 1. The van der Waals surface area contributed by atoms with Gasteiger partial charge in [-0.15, -0.1) is 21.5 Å². The molecule has 0 radical (unpaired) electrons. The molecule has 5 N–H and O–H groups in total. The van der Waals surface area contributed by atoms with Gasteiger partial charge in [0, 0.05) is 54.5 Å². The van der Waals surface area contributed by atoms with Gasteiger partial charge in [-0.05, 0) is 103 Å². The van der Waals surface area contributed by atoms with Crippen LogP contribution in [0.2, 0.25) is 0 Å². The van der Waals surface area contributed by atoms with Crippen molar-refractivity contribution in [2.75, 3.05) is 18.0 Å². The van der Waals surface area contributed by atoms with E-state index in [-0.39, 0.29) is 53.8 Å². The number of aliphatic hydroxyl groups excluding tert-OH is 1. The van der Waals surface area contributed by atoms with Gasteiger partial charge >= 0.3 is 0 Å². The number of β-amino-alcohol motifs (C(OH)–C–C–N with tert-alkyl or cyclic N) is 1. The topological polar surface area (TPSA) is 202 Å². The molecule has 3 fully saturated rings. The highest BCUT2D eigenvalue weighted by Gasteiger charge is 2.56. The van der Waals surface area contributed by atoms with Gasteiger partial charge in [-0.1, -0.05) is 57.2 Å². The van der Waals surface area contributed by atoms with Crippen LogP contribution in [0.3, 0.4) is 0 Å². The lowest BCUT2D eigenvalue weighted by molar-refractivity contribution is -0.148. The van der Waals surface area contributed by atoms with Crippen LogP contribution in [0, 0.1) is 23.7 Å². The van der Waals surface area contributed by atoms with Gasteiger partial charge in [0.15, 0.2) is 5.65 Å². The van der Waals surface area contributed by atoms with Crippen LogP contribution >= 0.6 is 11.3 Å². The van der Waals surface area contributed by atoms with Crippen molar-refractivity contribution in [2.24, 2.45) is 16.7 Å². The number of phenols is 1. The number of carbonyl (C=O) groups is 3. The predicted molar refractivity (Wildman–Crippen MR) is 251 cm³/mol. The summed E-state index contributed by atoms with van der Waals surface area (Å²) in [5, 5.41) is 37.1. The lowest BCUT2D eigenvalue weighted by atomic mass is 9.47. The fourth-order valence-corrected chi connectivity index (χ4v) is 11.5. The van der Waals surface area contributed by atoms with E-state index in [1.54, 1.807) is 23.5 Å². The number of rotatable bonds is 10. The fraction of sp³-hybridized carbons (Fsp3) is 0.440. The number of carbonyl (C=O) groups excluding carboxylic acids is 3. The van der Waals surface area contributed by atoms with Crippen molar-refractivity contribution in [1.82, 2.24) is 45.7 Å². The Balaban J connectivity index is 0.720. The van der Waals surface area contributed by atoms with Crippen LogP contribution in [0.1, 0.15) is 99.8 Å². The van der Waals surface area contributed by atoms with Crippen molar-refractivity contribution in [1.29, 1.82) is 0 Å². The lowest BCUT2D eigenvalue weighted by Crippen LogP contribution is -2.60. The second-order valence-electron chi connectivity index (χ2n) is 20.1. The molecule has 16 heteroatoms. The summed E-state index contributed by atoms with van der Waals surface area (Å²) in [5.41, 5.74) is 9.60. The fourth-order valence-electron chi connectivity index (χ4n) is 10.7. The van der Waals surface area contributed by atoms with E-state index in [0.717, 1.165) is 82.6 Å². The van der Waals surface area contributed by atoms with E-state index >= 15 is 0 Å². The van der Waals surface area contributed by atoms with Crippen LogP contribution in [0.5, 0.6) is 5.75 Å². The molecule has 2 aliphatic carbocycles. The summed E-state index contributed by atoms with van der Waals surface area (Å²) in [6, 6.07) is 15.1. The first-order valence-corrected chi connectivity index (χ1v) is 23.8. The van der Waals surface area contributed by atoms with Crippen LogP contribution in [0.4, 0.5) is 5.95 Å². The number of hydrogen-bond acceptors (Lipinski definition) is 12. The molecule has 342 valence electrons. The Morgan fingerprint density at radius 2 is 1.70 bits per heavy atom. The van der Waals surface area contributed by atoms with E-state index in [9.17, 15) is 24.6 Å². The Bertz CT molecular complexity index is 2800. The van der Waals surface area contributed by atoms with E-state index in [2.05, 4.69) is 35.7 Å². The number of nitrogens with one attached hydrogen (secondary N) is 3. The monoisotopic (exact) mass is 908 g/mol. The van der Waals surface area contributed by atoms with Crippen LogP contribution in [-0.2, 0) is 27.3 Å². The zero-order valence-electron chi connectivity index (χ0n) is 37.9. The van der Waals surface area contributed by atoms with Crippen molar-refractivity contribution in [3.05, 3.63) is 101 Å². The maximum absolute atomic E-state index is 14.3. The number of hydrogen-bond donors (Lipinski definition) is 5. The van der Waals surface area contributed by atoms with Crippen molar-refractivity contribution in [3.63, 3.8) is 0 Å².